The first-order valence-corrected chi connectivity index (χ1v) is 10.8. The van der Waals surface area contributed by atoms with Crippen molar-refractivity contribution in [2.75, 3.05) is 17.9 Å². The van der Waals surface area contributed by atoms with Gasteiger partial charge >= 0.3 is 5.97 Å². The molecule has 8 nitrogen and oxygen atoms in total. The van der Waals surface area contributed by atoms with Gasteiger partial charge in [0.15, 0.2) is 11.5 Å². The van der Waals surface area contributed by atoms with Crippen LogP contribution in [0.3, 0.4) is 0 Å². The number of rotatable bonds is 5. The number of nitrogens with one attached hydrogen (secondary N) is 1. The Morgan fingerprint density at radius 1 is 1.07 bits per heavy atom. The van der Waals surface area contributed by atoms with E-state index < -0.39 is 16.0 Å². The van der Waals surface area contributed by atoms with E-state index in [9.17, 15) is 18.3 Å². The first kappa shape index (κ1) is 19.8. The van der Waals surface area contributed by atoms with Crippen LogP contribution in [0.5, 0.6) is 11.5 Å². The summed E-state index contributed by atoms with van der Waals surface area (Å²) in [5.74, 6) is -0.123. The Morgan fingerprint density at radius 3 is 2.57 bits per heavy atom. The molecular formula is C21H20N2O6S. The molecule has 156 valence electrons. The number of sulfonamides is 1. The lowest BCUT2D eigenvalue weighted by molar-refractivity contribution is 0.0688. The zero-order valence-electron chi connectivity index (χ0n) is 16.2. The van der Waals surface area contributed by atoms with Gasteiger partial charge in [-0.25, -0.2) is 13.2 Å². The summed E-state index contributed by atoms with van der Waals surface area (Å²) in [7, 11) is -3.85. The van der Waals surface area contributed by atoms with Crippen LogP contribution in [0.1, 0.15) is 22.5 Å². The lowest BCUT2D eigenvalue weighted by Crippen LogP contribution is -2.14. The second-order valence-electron chi connectivity index (χ2n) is 6.83. The molecule has 0 unspecified atom stereocenters. The standard InChI is InChI=1S/C21H20N2O6S/c1-14-12-15(5-7-17(14)23-9-2-4-18(23)21(24)25)22-30(26,27)16-6-8-19-20(13-16)29-11-3-10-28-19/h2,4-9,12-13,22H,3,10-11H2,1H3,(H,24,25). The fourth-order valence-corrected chi connectivity index (χ4v) is 4.34. The Hall–Kier alpha value is -3.46. The predicted molar refractivity (Wildman–Crippen MR) is 110 cm³/mol. The van der Waals surface area contributed by atoms with Crippen LogP contribution in [0.2, 0.25) is 0 Å². The number of anilines is 1. The maximum absolute atomic E-state index is 12.9. The van der Waals surface area contributed by atoms with E-state index in [2.05, 4.69) is 4.72 Å². The van der Waals surface area contributed by atoms with Crippen molar-refractivity contribution in [3.05, 3.63) is 66.0 Å². The summed E-state index contributed by atoms with van der Waals surface area (Å²) < 4.78 is 40.9. The molecule has 0 aliphatic carbocycles. The van der Waals surface area contributed by atoms with E-state index in [-0.39, 0.29) is 10.6 Å². The number of hydrogen-bond acceptors (Lipinski definition) is 5. The van der Waals surface area contributed by atoms with Crippen molar-refractivity contribution >= 4 is 21.7 Å². The first-order valence-electron chi connectivity index (χ1n) is 9.29. The van der Waals surface area contributed by atoms with Crippen LogP contribution >= 0.6 is 0 Å². The largest absolute Gasteiger partial charge is 0.490 e. The van der Waals surface area contributed by atoms with Gasteiger partial charge in [-0.15, -0.1) is 0 Å². The maximum Gasteiger partial charge on any atom is 0.352 e. The molecule has 2 aromatic carbocycles. The van der Waals surface area contributed by atoms with Gasteiger partial charge in [0.05, 0.1) is 18.1 Å². The van der Waals surface area contributed by atoms with Crippen LogP contribution in [0.15, 0.2) is 59.6 Å². The molecule has 0 saturated carbocycles. The smallest absolute Gasteiger partial charge is 0.352 e. The number of carbonyl (C=O) groups is 1. The highest BCUT2D eigenvalue weighted by Gasteiger charge is 2.20. The number of carboxylic acids is 1. The Labute approximate surface area is 173 Å². The second-order valence-corrected chi connectivity index (χ2v) is 8.52. The molecule has 0 radical (unpaired) electrons. The molecule has 30 heavy (non-hydrogen) atoms. The lowest BCUT2D eigenvalue weighted by Gasteiger charge is -2.14. The minimum atomic E-state index is -3.85. The van der Waals surface area contributed by atoms with Gasteiger partial charge in [0, 0.05) is 30.1 Å². The van der Waals surface area contributed by atoms with Crippen LogP contribution < -0.4 is 14.2 Å². The molecule has 4 rings (SSSR count). The molecule has 0 bridgehead atoms. The Kier molecular flexibility index (Phi) is 5.13. The van der Waals surface area contributed by atoms with Gasteiger partial charge in [-0.2, -0.15) is 0 Å². The maximum atomic E-state index is 12.9. The monoisotopic (exact) mass is 428 g/mol. The fraction of sp³-hybridized carbons (Fsp3) is 0.190. The van der Waals surface area contributed by atoms with E-state index in [1.165, 1.54) is 18.2 Å². The minimum Gasteiger partial charge on any atom is -0.490 e. The summed E-state index contributed by atoms with van der Waals surface area (Å²) in [5.41, 5.74) is 1.86. The highest BCUT2D eigenvalue weighted by molar-refractivity contribution is 7.92. The Morgan fingerprint density at radius 2 is 1.83 bits per heavy atom. The quantitative estimate of drug-likeness (QED) is 0.645. The molecule has 0 amide bonds. The Bertz CT molecular complexity index is 1220. The molecule has 0 saturated heterocycles. The predicted octanol–water partition coefficient (Wildman–Crippen LogP) is 3.45. The molecule has 0 spiro atoms. The highest BCUT2D eigenvalue weighted by atomic mass is 32.2. The van der Waals surface area contributed by atoms with E-state index >= 15 is 0 Å². The average molecular weight is 428 g/mol. The van der Waals surface area contributed by atoms with Gasteiger partial charge in [-0.3, -0.25) is 4.72 Å². The van der Waals surface area contributed by atoms with Crippen molar-refractivity contribution < 1.29 is 27.8 Å². The number of ether oxygens (including phenoxy) is 2. The summed E-state index contributed by atoms with van der Waals surface area (Å²) in [4.78, 5) is 11.4. The minimum absolute atomic E-state index is 0.0621. The summed E-state index contributed by atoms with van der Waals surface area (Å²) in [6.45, 7) is 2.77. The second kappa shape index (κ2) is 7.75. The third-order valence-electron chi connectivity index (χ3n) is 4.71. The summed E-state index contributed by atoms with van der Waals surface area (Å²) in [6, 6.07) is 12.6. The average Bonchev–Trinajstić information content (AvgIpc) is 3.06. The van der Waals surface area contributed by atoms with Crippen LogP contribution in [0.4, 0.5) is 5.69 Å². The molecule has 3 aromatic rings. The molecule has 9 heteroatoms. The number of hydrogen-bond donors (Lipinski definition) is 2. The van der Waals surface area contributed by atoms with Gasteiger partial charge in [0.1, 0.15) is 5.69 Å². The van der Waals surface area contributed by atoms with E-state index in [0.717, 1.165) is 6.42 Å². The number of aryl methyl sites for hydroxylation is 1. The number of nitrogens with zero attached hydrogens (tertiary/aromatic N) is 1. The van der Waals surface area contributed by atoms with E-state index in [0.29, 0.717) is 41.7 Å². The van der Waals surface area contributed by atoms with E-state index in [4.69, 9.17) is 9.47 Å². The third kappa shape index (κ3) is 3.84. The topological polar surface area (TPSA) is 107 Å². The van der Waals surface area contributed by atoms with Gasteiger partial charge < -0.3 is 19.1 Å². The fourth-order valence-electron chi connectivity index (χ4n) is 3.28. The van der Waals surface area contributed by atoms with Crippen LogP contribution in [-0.2, 0) is 10.0 Å². The van der Waals surface area contributed by atoms with Crippen molar-refractivity contribution in [1.82, 2.24) is 4.57 Å². The summed E-state index contributed by atoms with van der Waals surface area (Å²) in [5, 5.41) is 9.31. The number of fused-ring (bicyclic) bond motifs is 1. The van der Waals surface area contributed by atoms with Gasteiger partial charge in [0.25, 0.3) is 10.0 Å². The Balaban J connectivity index is 1.61. The summed E-state index contributed by atoms with van der Waals surface area (Å²) >= 11 is 0. The number of carboxylic acid groups (broad SMARTS) is 1. The molecule has 1 aliphatic rings. The molecular weight excluding hydrogens is 408 g/mol. The zero-order chi connectivity index (χ0) is 21.3. The number of aromatic nitrogens is 1. The van der Waals surface area contributed by atoms with Crippen molar-refractivity contribution in [3.63, 3.8) is 0 Å². The molecule has 0 fully saturated rings. The highest BCUT2D eigenvalue weighted by Crippen LogP contribution is 2.32. The van der Waals surface area contributed by atoms with Gasteiger partial charge in [0.2, 0.25) is 0 Å². The normalized spacial score (nSPS) is 13.5. The molecule has 1 aliphatic heterocycles. The van der Waals surface area contributed by atoms with Gasteiger partial charge in [-0.05, 0) is 55.0 Å². The van der Waals surface area contributed by atoms with Crippen LogP contribution in [-0.4, -0.2) is 37.3 Å². The number of benzene rings is 2. The van der Waals surface area contributed by atoms with Crippen LogP contribution in [0, 0.1) is 6.92 Å². The van der Waals surface area contributed by atoms with Gasteiger partial charge in [-0.1, -0.05) is 0 Å². The molecule has 1 aromatic heterocycles. The molecule has 2 heterocycles. The molecule has 0 atom stereocenters. The lowest BCUT2D eigenvalue weighted by atomic mass is 10.1. The van der Waals surface area contributed by atoms with Crippen molar-refractivity contribution in [1.29, 1.82) is 0 Å². The third-order valence-corrected chi connectivity index (χ3v) is 6.08. The van der Waals surface area contributed by atoms with Crippen molar-refractivity contribution in [3.8, 4) is 17.2 Å². The first-order chi connectivity index (χ1) is 14.3. The number of aromatic carboxylic acids is 1. The SMILES string of the molecule is Cc1cc(NS(=O)(=O)c2ccc3c(c2)OCCCO3)ccc1-n1cccc1C(=O)O. The van der Waals surface area contributed by atoms with Crippen molar-refractivity contribution in [2.24, 2.45) is 0 Å². The van der Waals surface area contributed by atoms with E-state index in [1.807, 2.05) is 0 Å². The van der Waals surface area contributed by atoms with Crippen molar-refractivity contribution in [2.45, 2.75) is 18.2 Å². The summed E-state index contributed by atoms with van der Waals surface area (Å²) in [6.07, 6.45) is 2.37. The van der Waals surface area contributed by atoms with Crippen LogP contribution in [0.25, 0.3) is 5.69 Å². The van der Waals surface area contributed by atoms with E-state index in [1.54, 1.807) is 48.0 Å². The molecule has 2 N–H and O–H groups in total. The zero-order valence-corrected chi connectivity index (χ0v) is 17.0.